The SMILES string of the molecule is O=[N+]([O-])c1ccc2c(c1)[C@@H]1C=CC[C@@H]1[C@H](c1ccc(OCc3ccccc3Cl)cc1)N2. The molecule has 1 aliphatic heterocycles. The highest BCUT2D eigenvalue weighted by Crippen LogP contribution is 2.50. The van der Waals surface area contributed by atoms with Gasteiger partial charge in [0.1, 0.15) is 12.4 Å². The number of fused-ring (bicyclic) bond motifs is 3. The molecule has 0 spiro atoms. The summed E-state index contributed by atoms with van der Waals surface area (Å²) in [6, 6.07) is 21.0. The van der Waals surface area contributed by atoms with Crippen molar-refractivity contribution in [2.75, 3.05) is 5.32 Å². The van der Waals surface area contributed by atoms with E-state index >= 15 is 0 Å². The van der Waals surface area contributed by atoms with Crippen molar-refractivity contribution in [3.8, 4) is 5.75 Å². The zero-order valence-electron chi connectivity index (χ0n) is 16.7. The summed E-state index contributed by atoms with van der Waals surface area (Å²) in [7, 11) is 0. The molecule has 0 amide bonds. The minimum atomic E-state index is -0.332. The van der Waals surface area contributed by atoms with Gasteiger partial charge in [0, 0.05) is 34.3 Å². The molecule has 0 bridgehead atoms. The summed E-state index contributed by atoms with van der Waals surface area (Å²) < 4.78 is 5.91. The van der Waals surface area contributed by atoms with E-state index in [2.05, 4.69) is 29.6 Å². The second-order valence-electron chi connectivity index (χ2n) is 7.95. The standard InChI is InChI=1S/C25H21ClN2O3/c26-23-7-2-1-4-17(23)15-31-19-11-8-16(9-12-19)25-21-6-3-5-20(21)22-14-18(28(29)30)10-13-24(22)27-25/h1-5,7-14,20-21,25,27H,6,15H2/t20-,21+,25+/m1/s1. The molecule has 31 heavy (non-hydrogen) atoms. The molecule has 1 N–H and O–H groups in total. The van der Waals surface area contributed by atoms with Gasteiger partial charge in [-0.1, -0.05) is 54.1 Å². The molecule has 2 aliphatic rings. The van der Waals surface area contributed by atoms with Crippen LogP contribution in [-0.2, 0) is 6.61 Å². The number of non-ortho nitro benzene ring substituents is 1. The third-order valence-corrected chi connectivity index (χ3v) is 6.52. The van der Waals surface area contributed by atoms with E-state index in [1.807, 2.05) is 42.5 Å². The second kappa shape index (κ2) is 8.08. The number of rotatable bonds is 5. The number of ether oxygens (including phenoxy) is 1. The van der Waals surface area contributed by atoms with E-state index in [-0.39, 0.29) is 22.6 Å². The Morgan fingerprint density at radius 1 is 1.10 bits per heavy atom. The number of hydrogen-bond donors (Lipinski definition) is 1. The van der Waals surface area contributed by atoms with Gasteiger partial charge in [-0.3, -0.25) is 10.1 Å². The first-order chi connectivity index (χ1) is 15.1. The van der Waals surface area contributed by atoms with Gasteiger partial charge in [-0.15, -0.1) is 0 Å². The third-order valence-electron chi connectivity index (χ3n) is 6.15. The van der Waals surface area contributed by atoms with E-state index in [0.717, 1.165) is 29.0 Å². The van der Waals surface area contributed by atoms with Gasteiger partial charge < -0.3 is 10.1 Å². The van der Waals surface area contributed by atoms with E-state index in [1.165, 1.54) is 5.56 Å². The molecule has 0 aromatic heterocycles. The lowest BCUT2D eigenvalue weighted by Gasteiger charge is -2.37. The van der Waals surface area contributed by atoms with Crippen LogP contribution in [0, 0.1) is 16.0 Å². The van der Waals surface area contributed by atoms with E-state index in [9.17, 15) is 10.1 Å². The summed E-state index contributed by atoms with van der Waals surface area (Å²) >= 11 is 6.21. The summed E-state index contributed by atoms with van der Waals surface area (Å²) in [6.45, 7) is 0.418. The van der Waals surface area contributed by atoms with Gasteiger partial charge in [0.15, 0.2) is 0 Å². The smallest absolute Gasteiger partial charge is 0.269 e. The number of nitrogens with one attached hydrogen (secondary N) is 1. The number of anilines is 1. The van der Waals surface area contributed by atoms with Crippen molar-refractivity contribution in [2.45, 2.75) is 25.0 Å². The van der Waals surface area contributed by atoms with Crippen LogP contribution in [0.3, 0.4) is 0 Å². The number of nitro benzene ring substituents is 1. The highest BCUT2D eigenvalue weighted by atomic mass is 35.5. The van der Waals surface area contributed by atoms with Gasteiger partial charge in [-0.2, -0.15) is 0 Å². The van der Waals surface area contributed by atoms with Crippen LogP contribution in [0.1, 0.15) is 35.1 Å². The van der Waals surface area contributed by atoms with Crippen LogP contribution in [0.2, 0.25) is 5.02 Å². The van der Waals surface area contributed by atoms with Crippen LogP contribution in [0.15, 0.2) is 78.9 Å². The molecule has 5 nitrogen and oxygen atoms in total. The van der Waals surface area contributed by atoms with Crippen LogP contribution in [0.25, 0.3) is 0 Å². The van der Waals surface area contributed by atoms with Crippen LogP contribution in [0.5, 0.6) is 5.75 Å². The molecule has 6 heteroatoms. The number of nitrogens with zero attached hydrogens (tertiary/aromatic N) is 1. The molecule has 1 aliphatic carbocycles. The van der Waals surface area contributed by atoms with Crippen molar-refractivity contribution in [3.63, 3.8) is 0 Å². The Bertz CT molecular complexity index is 1160. The van der Waals surface area contributed by atoms with E-state index in [4.69, 9.17) is 16.3 Å². The third kappa shape index (κ3) is 3.77. The molecule has 3 aromatic rings. The first kappa shape index (κ1) is 19.6. The molecule has 0 unspecified atom stereocenters. The van der Waals surface area contributed by atoms with Crippen LogP contribution >= 0.6 is 11.6 Å². The van der Waals surface area contributed by atoms with Crippen molar-refractivity contribution >= 4 is 23.0 Å². The predicted octanol–water partition coefficient (Wildman–Crippen LogP) is 6.65. The molecular weight excluding hydrogens is 412 g/mol. The lowest BCUT2D eigenvalue weighted by atomic mass is 9.77. The summed E-state index contributed by atoms with van der Waals surface area (Å²) in [5.74, 6) is 1.29. The molecule has 156 valence electrons. The maximum atomic E-state index is 11.2. The fourth-order valence-electron chi connectivity index (χ4n) is 4.57. The van der Waals surface area contributed by atoms with Crippen molar-refractivity contribution in [2.24, 2.45) is 5.92 Å². The van der Waals surface area contributed by atoms with Gasteiger partial charge in [-0.05, 0) is 47.7 Å². The second-order valence-corrected chi connectivity index (χ2v) is 8.36. The Kier molecular flexibility index (Phi) is 5.12. The molecule has 0 radical (unpaired) electrons. The van der Waals surface area contributed by atoms with E-state index in [0.29, 0.717) is 17.5 Å². The molecule has 0 saturated heterocycles. The maximum absolute atomic E-state index is 11.2. The highest BCUT2D eigenvalue weighted by molar-refractivity contribution is 6.31. The Morgan fingerprint density at radius 3 is 2.68 bits per heavy atom. The topological polar surface area (TPSA) is 64.4 Å². The summed E-state index contributed by atoms with van der Waals surface area (Å²) in [5.41, 5.74) is 4.23. The quantitative estimate of drug-likeness (QED) is 0.278. The lowest BCUT2D eigenvalue weighted by Crippen LogP contribution is -2.29. The van der Waals surface area contributed by atoms with Crippen LogP contribution < -0.4 is 10.1 Å². The van der Waals surface area contributed by atoms with Crippen LogP contribution in [0.4, 0.5) is 11.4 Å². The molecule has 1 heterocycles. The Morgan fingerprint density at radius 2 is 1.90 bits per heavy atom. The Hall–Kier alpha value is -3.31. The average molecular weight is 433 g/mol. The highest BCUT2D eigenvalue weighted by Gasteiger charge is 2.38. The van der Waals surface area contributed by atoms with E-state index < -0.39 is 0 Å². The molecule has 0 saturated carbocycles. The normalized spacial score (nSPS) is 21.1. The predicted molar refractivity (Wildman–Crippen MR) is 122 cm³/mol. The minimum absolute atomic E-state index is 0.131. The van der Waals surface area contributed by atoms with Gasteiger partial charge in [0.2, 0.25) is 0 Å². The van der Waals surface area contributed by atoms with Crippen molar-refractivity contribution < 1.29 is 9.66 Å². The largest absolute Gasteiger partial charge is 0.489 e. The van der Waals surface area contributed by atoms with E-state index in [1.54, 1.807) is 12.1 Å². The molecule has 3 aromatic carbocycles. The first-order valence-electron chi connectivity index (χ1n) is 10.3. The zero-order valence-corrected chi connectivity index (χ0v) is 17.5. The fourth-order valence-corrected chi connectivity index (χ4v) is 4.76. The lowest BCUT2D eigenvalue weighted by molar-refractivity contribution is -0.384. The summed E-state index contributed by atoms with van der Waals surface area (Å²) in [5, 5.41) is 15.5. The molecule has 5 rings (SSSR count). The fraction of sp³-hybridized carbons (Fsp3) is 0.200. The maximum Gasteiger partial charge on any atom is 0.269 e. The Labute approximate surface area is 185 Å². The average Bonchev–Trinajstić information content (AvgIpc) is 3.28. The monoisotopic (exact) mass is 432 g/mol. The zero-order chi connectivity index (χ0) is 21.4. The summed E-state index contributed by atoms with van der Waals surface area (Å²) in [4.78, 5) is 10.9. The number of hydrogen-bond acceptors (Lipinski definition) is 4. The Balaban J connectivity index is 1.35. The number of halogens is 1. The minimum Gasteiger partial charge on any atom is -0.489 e. The molecular formula is C25H21ClN2O3. The van der Waals surface area contributed by atoms with Gasteiger partial charge in [0.25, 0.3) is 5.69 Å². The van der Waals surface area contributed by atoms with Crippen LogP contribution in [-0.4, -0.2) is 4.92 Å². The van der Waals surface area contributed by atoms with Gasteiger partial charge in [-0.25, -0.2) is 0 Å². The molecule has 3 atom stereocenters. The number of allylic oxidation sites excluding steroid dienone is 2. The number of benzene rings is 3. The van der Waals surface area contributed by atoms with Crippen molar-refractivity contribution in [1.29, 1.82) is 0 Å². The van der Waals surface area contributed by atoms with Crippen molar-refractivity contribution in [3.05, 3.63) is 111 Å². The number of nitro groups is 1. The first-order valence-corrected chi connectivity index (χ1v) is 10.7. The molecule has 0 fully saturated rings. The van der Waals surface area contributed by atoms with Crippen molar-refractivity contribution in [1.82, 2.24) is 0 Å². The summed E-state index contributed by atoms with van der Waals surface area (Å²) in [6.07, 6.45) is 5.30. The van der Waals surface area contributed by atoms with Gasteiger partial charge >= 0.3 is 0 Å². The van der Waals surface area contributed by atoms with Gasteiger partial charge in [0.05, 0.1) is 11.0 Å².